The lowest BCUT2D eigenvalue weighted by atomic mass is 9.85. The van der Waals surface area contributed by atoms with E-state index in [2.05, 4.69) is 64.8 Å². The first-order valence-corrected chi connectivity index (χ1v) is 8.00. The molecule has 21 heavy (non-hydrogen) atoms. The highest BCUT2D eigenvalue weighted by molar-refractivity contribution is 9.10. The summed E-state index contributed by atoms with van der Waals surface area (Å²) in [6, 6.07) is 8.76. The van der Waals surface area contributed by atoms with Crippen molar-refractivity contribution < 1.29 is 9.90 Å². The fraction of sp³-hybridized carbons (Fsp3) is 0.438. The SMILES string of the molecule is CC1CN(C(=O)O)CC(C)C1n1ccc2cc(Br)ccc21. The van der Waals surface area contributed by atoms with Crippen LogP contribution in [-0.2, 0) is 0 Å². The van der Waals surface area contributed by atoms with Crippen LogP contribution in [-0.4, -0.2) is 33.8 Å². The number of aromatic nitrogens is 1. The molecule has 0 spiro atoms. The Morgan fingerprint density at radius 3 is 2.52 bits per heavy atom. The van der Waals surface area contributed by atoms with Crippen molar-refractivity contribution in [2.75, 3.05) is 13.1 Å². The van der Waals surface area contributed by atoms with Gasteiger partial charge in [0.15, 0.2) is 0 Å². The normalized spacial score (nSPS) is 26.2. The van der Waals surface area contributed by atoms with Gasteiger partial charge in [-0.15, -0.1) is 0 Å². The molecular formula is C16H19BrN2O2. The second-order valence-corrected chi connectivity index (χ2v) is 6.97. The zero-order valence-electron chi connectivity index (χ0n) is 12.2. The number of amides is 1. The van der Waals surface area contributed by atoms with E-state index in [1.54, 1.807) is 0 Å². The third-order valence-electron chi connectivity index (χ3n) is 4.46. The summed E-state index contributed by atoms with van der Waals surface area (Å²) in [7, 11) is 0. The number of hydrogen-bond donors (Lipinski definition) is 1. The molecule has 1 aromatic carbocycles. The van der Waals surface area contributed by atoms with Crippen molar-refractivity contribution in [3.63, 3.8) is 0 Å². The van der Waals surface area contributed by atoms with Gasteiger partial charge in [-0.05, 0) is 36.1 Å². The molecule has 0 aliphatic carbocycles. The van der Waals surface area contributed by atoms with E-state index < -0.39 is 6.09 Å². The Hall–Kier alpha value is -1.49. The Morgan fingerprint density at radius 1 is 1.24 bits per heavy atom. The van der Waals surface area contributed by atoms with Gasteiger partial charge in [0.25, 0.3) is 0 Å². The molecule has 2 atom stereocenters. The summed E-state index contributed by atoms with van der Waals surface area (Å²) in [6.45, 7) is 5.48. The van der Waals surface area contributed by atoms with Crippen LogP contribution in [0.1, 0.15) is 19.9 Å². The van der Waals surface area contributed by atoms with Gasteiger partial charge in [0.1, 0.15) is 0 Å². The molecule has 1 aliphatic rings. The quantitative estimate of drug-likeness (QED) is 0.837. The van der Waals surface area contributed by atoms with Crippen LogP contribution in [0.15, 0.2) is 34.9 Å². The summed E-state index contributed by atoms with van der Waals surface area (Å²) in [5.41, 5.74) is 1.21. The van der Waals surface area contributed by atoms with E-state index >= 15 is 0 Å². The lowest BCUT2D eigenvalue weighted by Crippen LogP contribution is -2.47. The highest BCUT2D eigenvalue weighted by Gasteiger charge is 2.35. The minimum Gasteiger partial charge on any atom is -0.465 e. The summed E-state index contributed by atoms with van der Waals surface area (Å²) in [5, 5.41) is 10.4. The maximum Gasteiger partial charge on any atom is 0.407 e. The summed E-state index contributed by atoms with van der Waals surface area (Å²) in [6.07, 6.45) is 1.32. The number of piperidine rings is 1. The maximum absolute atomic E-state index is 11.2. The van der Waals surface area contributed by atoms with Crippen molar-refractivity contribution in [3.8, 4) is 0 Å². The van der Waals surface area contributed by atoms with Gasteiger partial charge in [-0.1, -0.05) is 29.8 Å². The molecule has 2 unspecified atom stereocenters. The monoisotopic (exact) mass is 350 g/mol. The van der Waals surface area contributed by atoms with E-state index in [-0.39, 0.29) is 0 Å². The summed E-state index contributed by atoms with van der Waals surface area (Å²) in [4.78, 5) is 12.7. The molecule has 5 heteroatoms. The van der Waals surface area contributed by atoms with Crippen LogP contribution >= 0.6 is 15.9 Å². The van der Waals surface area contributed by atoms with Crippen LogP contribution in [0.4, 0.5) is 4.79 Å². The average Bonchev–Trinajstić information content (AvgIpc) is 2.80. The molecule has 0 radical (unpaired) electrons. The van der Waals surface area contributed by atoms with Crippen molar-refractivity contribution in [2.45, 2.75) is 19.9 Å². The van der Waals surface area contributed by atoms with Gasteiger partial charge in [-0.2, -0.15) is 0 Å². The predicted octanol–water partition coefficient (Wildman–Crippen LogP) is 4.21. The zero-order valence-corrected chi connectivity index (χ0v) is 13.7. The fourth-order valence-corrected chi connectivity index (χ4v) is 4.02. The molecule has 1 saturated heterocycles. The number of hydrogen-bond acceptors (Lipinski definition) is 1. The lowest BCUT2D eigenvalue weighted by molar-refractivity contribution is 0.0762. The molecule has 0 bridgehead atoms. The molecule has 3 rings (SSSR count). The van der Waals surface area contributed by atoms with Gasteiger partial charge < -0.3 is 14.6 Å². The second-order valence-electron chi connectivity index (χ2n) is 6.06. The van der Waals surface area contributed by atoms with E-state index in [4.69, 9.17) is 0 Å². The Kier molecular flexibility index (Phi) is 3.69. The fourth-order valence-electron chi connectivity index (χ4n) is 3.65. The van der Waals surface area contributed by atoms with Crippen molar-refractivity contribution in [1.29, 1.82) is 0 Å². The Labute approximate surface area is 132 Å². The Bertz CT molecular complexity index is 670. The third-order valence-corrected chi connectivity index (χ3v) is 4.95. The summed E-state index contributed by atoms with van der Waals surface area (Å²) >= 11 is 3.50. The zero-order chi connectivity index (χ0) is 15.1. The molecule has 2 heterocycles. The van der Waals surface area contributed by atoms with Crippen LogP contribution in [0.3, 0.4) is 0 Å². The lowest BCUT2D eigenvalue weighted by Gasteiger charge is -2.41. The van der Waals surface area contributed by atoms with Gasteiger partial charge in [-0.25, -0.2) is 4.79 Å². The van der Waals surface area contributed by atoms with Crippen molar-refractivity contribution in [2.24, 2.45) is 11.8 Å². The summed E-state index contributed by atoms with van der Waals surface area (Å²) in [5.74, 6) is 0.591. The second kappa shape index (κ2) is 5.37. The van der Waals surface area contributed by atoms with Crippen LogP contribution in [0, 0.1) is 11.8 Å². The minimum absolute atomic E-state index is 0.295. The van der Waals surface area contributed by atoms with E-state index in [9.17, 15) is 9.90 Å². The Morgan fingerprint density at radius 2 is 1.90 bits per heavy atom. The molecule has 2 aromatic rings. The highest BCUT2D eigenvalue weighted by Crippen LogP contribution is 2.36. The molecule has 4 nitrogen and oxygen atoms in total. The molecule has 1 aromatic heterocycles. The third kappa shape index (κ3) is 2.55. The number of nitrogens with zero attached hydrogens (tertiary/aromatic N) is 2. The van der Waals surface area contributed by atoms with E-state index in [0.29, 0.717) is 31.0 Å². The highest BCUT2D eigenvalue weighted by atomic mass is 79.9. The van der Waals surface area contributed by atoms with Crippen LogP contribution in [0.25, 0.3) is 10.9 Å². The number of carbonyl (C=O) groups is 1. The van der Waals surface area contributed by atoms with Gasteiger partial charge in [0.05, 0.1) is 0 Å². The molecule has 112 valence electrons. The van der Waals surface area contributed by atoms with Gasteiger partial charge in [-0.3, -0.25) is 0 Å². The van der Waals surface area contributed by atoms with E-state index in [0.717, 1.165) is 4.47 Å². The number of benzene rings is 1. The molecule has 1 N–H and O–H groups in total. The number of halogens is 1. The largest absolute Gasteiger partial charge is 0.465 e. The van der Waals surface area contributed by atoms with E-state index in [1.807, 2.05) is 0 Å². The van der Waals surface area contributed by atoms with Crippen LogP contribution < -0.4 is 0 Å². The maximum atomic E-state index is 11.2. The molecule has 1 fully saturated rings. The van der Waals surface area contributed by atoms with Crippen LogP contribution in [0.2, 0.25) is 0 Å². The Balaban J connectivity index is 1.97. The van der Waals surface area contributed by atoms with Crippen molar-refractivity contribution >= 4 is 32.9 Å². The van der Waals surface area contributed by atoms with Crippen molar-refractivity contribution in [3.05, 3.63) is 34.9 Å². The number of fused-ring (bicyclic) bond motifs is 1. The minimum atomic E-state index is -0.812. The average molecular weight is 351 g/mol. The molecule has 1 amide bonds. The predicted molar refractivity (Wildman–Crippen MR) is 86.6 cm³/mol. The topological polar surface area (TPSA) is 45.5 Å². The first-order chi connectivity index (χ1) is 9.97. The van der Waals surface area contributed by atoms with Gasteiger partial charge >= 0.3 is 6.09 Å². The molecular weight excluding hydrogens is 332 g/mol. The smallest absolute Gasteiger partial charge is 0.407 e. The first kappa shape index (κ1) is 14.4. The number of likely N-dealkylation sites (tertiary alicyclic amines) is 1. The van der Waals surface area contributed by atoms with Crippen molar-refractivity contribution in [1.82, 2.24) is 9.47 Å². The van der Waals surface area contributed by atoms with Gasteiger partial charge in [0.2, 0.25) is 0 Å². The van der Waals surface area contributed by atoms with Gasteiger partial charge in [0, 0.05) is 40.7 Å². The van der Waals surface area contributed by atoms with E-state index in [1.165, 1.54) is 15.8 Å². The summed E-state index contributed by atoms with van der Waals surface area (Å²) < 4.78 is 3.39. The molecule has 0 saturated carbocycles. The first-order valence-electron chi connectivity index (χ1n) is 7.21. The van der Waals surface area contributed by atoms with Crippen LogP contribution in [0.5, 0.6) is 0 Å². The molecule has 1 aliphatic heterocycles. The number of rotatable bonds is 1. The standard InChI is InChI=1S/C16H19BrN2O2/c1-10-8-18(16(20)21)9-11(2)15(10)19-6-5-12-7-13(17)3-4-14(12)19/h3-7,10-11,15H,8-9H2,1-2H3,(H,20,21). The number of carboxylic acid groups (broad SMARTS) is 1.